The van der Waals surface area contributed by atoms with E-state index in [0.717, 1.165) is 11.8 Å². The summed E-state index contributed by atoms with van der Waals surface area (Å²) in [6.45, 7) is 2.06. The molecule has 0 aliphatic heterocycles. The fraction of sp³-hybridized carbons (Fsp3) is 0.333. The summed E-state index contributed by atoms with van der Waals surface area (Å²) in [6, 6.07) is 1.65. The number of nitrogens with one attached hydrogen (secondary N) is 1. The minimum absolute atomic E-state index is 0.173. The molecule has 1 amide bonds. The Morgan fingerprint density at radius 1 is 1.52 bits per heavy atom. The van der Waals surface area contributed by atoms with Crippen LogP contribution >= 0.6 is 23.1 Å². The van der Waals surface area contributed by atoms with Crippen LogP contribution in [0.2, 0.25) is 0 Å². The van der Waals surface area contributed by atoms with Crippen LogP contribution in [-0.4, -0.2) is 38.8 Å². The van der Waals surface area contributed by atoms with Crippen molar-refractivity contribution in [2.45, 2.75) is 18.6 Å². The standard InChI is InChI=1S/C12H13N3O4S2/c1-2-13-8(16)5-15-11(19)7-3-4-20-10(7)14-12(15)21-6-9(17)18/h3-4H,2,5-6H2,1H3,(H,13,16)(H,17,18). The molecule has 0 radical (unpaired) electrons. The summed E-state index contributed by atoms with van der Waals surface area (Å²) in [5, 5.41) is 13.8. The van der Waals surface area contributed by atoms with Gasteiger partial charge in [-0.1, -0.05) is 11.8 Å². The Morgan fingerprint density at radius 2 is 2.29 bits per heavy atom. The van der Waals surface area contributed by atoms with Crippen molar-refractivity contribution in [2.24, 2.45) is 0 Å². The molecule has 2 N–H and O–H groups in total. The molecule has 21 heavy (non-hydrogen) atoms. The first kappa shape index (κ1) is 15.5. The number of carbonyl (C=O) groups excluding carboxylic acids is 1. The maximum Gasteiger partial charge on any atom is 0.313 e. The zero-order valence-corrected chi connectivity index (χ0v) is 12.8. The van der Waals surface area contributed by atoms with Gasteiger partial charge in [-0.25, -0.2) is 4.98 Å². The van der Waals surface area contributed by atoms with E-state index in [9.17, 15) is 14.4 Å². The first-order chi connectivity index (χ1) is 10.0. The molecular weight excluding hydrogens is 314 g/mol. The van der Waals surface area contributed by atoms with Gasteiger partial charge in [0.25, 0.3) is 5.56 Å². The Balaban J connectivity index is 2.44. The summed E-state index contributed by atoms with van der Waals surface area (Å²) < 4.78 is 1.22. The van der Waals surface area contributed by atoms with E-state index in [0.29, 0.717) is 16.8 Å². The molecule has 0 atom stereocenters. The van der Waals surface area contributed by atoms with Crippen molar-refractivity contribution in [3.05, 3.63) is 21.8 Å². The van der Waals surface area contributed by atoms with E-state index < -0.39 is 5.97 Å². The molecule has 2 aromatic heterocycles. The van der Waals surface area contributed by atoms with Crippen LogP contribution in [0.5, 0.6) is 0 Å². The number of likely N-dealkylation sites (N-methyl/N-ethyl adjacent to an activating group) is 1. The molecule has 0 fully saturated rings. The number of carbonyl (C=O) groups is 2. The molecule has 2 aromatic rings. The lowest BCUT2D eigenvalue weighted by molar-refractivity contribution is -0.133. The van der Waals surface area contributed by atoms with Gasteiger partial charge in [-0.15, -0.1) is 11.3 Å². The molecule has 7 nitrogen and oxygen atoms in total. The lowest BCUT2D eigenvalue weighted by atomic mass is 10.4. The van der Waals surface area contributed by atoms with Gasteiger partial charge in [0, 0.05) is 6.54 Å². The van der Waals surface area contributed by atoms with Crippen LogP contribution in [0.3, 0.4) is 0 Å². The number of thioether (sulfide) groups is 1. The van der Waals surface area contributed by atoms with Gasteiger partial charge < -0.3 is 10.4 Å². The zero-order chi connectivity index (χ0) is 15.4. The second kappa shape index (κ2) is 6.72. The largest absolute Gasteiger partial charge is 0.481 e. The fourth-order valence-corrected chi connectivity index (χ4v) is 3.23. The maximum absolute atomic E-state index is 12.4. The molecule has 0 aliphatic carbocycles. The van der Waals surface area contributed by atoms with E-state index >= 15 is 0 Å². The van der Waals surface area contributed by atoms with Crippen molar-refractivity contribution in [3.63, 3.8) is 0 Å². The van der Waals surface area contributed by atoms with Crippen LogP contribution in [-0.2, 0) is 16.1 Å². The SMILES string of the molecule is CCNC(=O)Cn1c(SCC(=O)O)nc2sccc2c1=O. The Labute approximate surface area is 128 Å². The third-order valence-electron chi connectivity index (χ3n) is 2.55. The van der Waals surface area contributed by atoms with Crippen molar-refractivity contribution in [1.82, 2.24) is 14.9 Å². The van der Waals surface area contributed by atoms with Crippen LogP contribution in [0, 0.1) is 0 Å². The molecule has 0 saturated carbocycles. The predicted molar refractivity (Wildman–Crippen MR) is 80.9 cm³/mol. The quantitative estimate of drug-likeness (QED) is 0.600. The molecule has 0 spiro atoms. The van der Waals surface area contributed by atoms with Crippen LogP contribution in [0.25, 0.3) is 10.2 Å². The summed E-state index contributed by atoms with van der Waals surface area (Å²) in [5.41, 5.74) is -0.333. The molecule has 9 heteroatoms. The number of aliphatic carboxylic acids is 1. The summed E-state index contributed by atoms with van der Waals surface area (Å²) in [7, 11) is 0. The van der Waals surface area contributed by atoms with E-state index in [1.54, 1.807) is 18.4 Å². The highest BCUT2D eigenvalue weighted by atomic mass is 32.2. The normalized spacial score (nSPS) is 10.7. The average molecular weight is 327 g/mol. The van der Waals surface area contributed by atoms with Crippen molar-refractivity contribution in [2.75, 3.05) is 12.3 Å². The van der Waals surface area contributed by atoms with Crippen molar-refractivity contribution in [1.29, 1.82) is 0 Å². The number of hydrogen-bond acceptors (Lipinski definition) is 6. The topological polar surface area (TPSA) is 101 Å². The monoisotopic (exact) mass is 327 g/mol. The van der Waals surface area contributed by atoms with Gasteiger partial charge in [-0.05, 0) is 18.4 Å². The second-order valence-electron chi connectivity index (χ2n) is 4.06. The summed E-state index contributed by atoms with van der Waals surface area (Å²) in [5.74, 6) is -1.54. The third-order valence-corrected chi connectivity index (χ3v) is 4.32. The van der Waals surface area contributed by atoms with Gasteiger partial charge >= 0.3 is 5.97 Å². The predicted octanol–water partition coefficient (Wildman–Crippen LogP) is 0.771. The van der Waals surface area contributed by atoms with Crippen molar-refractivity contribution in [3.8, 4) is 0 Å². The Kier molecular flexibility index (Phi) is 4.97. The average Bonchev–Trinajstić information content (AvgIpc) is 2.88. The lowest BCUT2D eigenvalue weighted by Gasteiger charge is -2.10. The molecule has 2 heterocycles. The number of carboxylic acids is 1. The Hall–Kier alpha value is -1.87. The number of rotatable bonds is 6. The highest BCUT2D eigenvalue weighted by molar-refractivity contribution is 7.99. The summed E-state index contributed by atoms with van der Waals surface area (Å²) in [6.07, 6.45) is 0. The number of thiophene rings is 1. The summed E-state index contributed by atoms with van der Waals surface area (Å²) in [4.78, 5) is 39.6. The van der Waals surface area contributed by atoms with Gasteiger partial charge in [0.05, 0.1) is 11.1 Å². The lowest BCUT2D eigenvalue weighted by Crippen LogP contribution is -2.33. The fourth-order valence-electron chi connectivity index (χ4n) is 1.70. The van der Waals surface area contributed by atoms with Crippen LogP contribution in [0.4, 0.5) is 0 Å². The molecule has 0 aromatic carbocycles. The zero-order valence-electron chi connectivity index (χ0n) is 11.2. The van der Waals surface area contributed by atoms with E-state index in [2.05, 4.69) is 10.3 Å². The third kappa shape index (κ3) is 3.61. The number of aromatic nitrogens is 2. The Bertz CT molecular complexity index is 738. The van der Waals surface area contributed by atoms with E-state index in [-0.39, 0.29) is 28.9 Å². The Morgan fingerprint density at radius 3 is 2.95 bits per heavy atom. The highest BCUT2D eigenvalue weighted by Crippen LogP contribution is 2.20. The molecule has 0 unspecified atom stereocenters. The maximum atomic E-state index is 12.4. The van der Waals surface area contributed by atoms with Crippen LogP contribution in [0.15, 0.2) is 21.4 Å². The van der Waals surface area contributed by atoms with Crippen molar-refractivity contribution >= 4 is 45.2 Å². The van der Waals surface area contributed by atoms with Crippen molar-refractivity contribution < 1.29 is 14.7 Å². The first-order valence-electron chi connectivity index (χ1n) is 6.12. The number of nitrogens with zero attached hydrogens (tertiary/aromatic N) is 2. The summed E-state index contributed by atoms with van der Waals surface area (Å²) >= 11 is 2.23. The molecule has 2 rings (SSSR count). The van der Waals surface area contributed by atoms with Crippen LogP contribution in [0.1, 0.15) is 6.92 Å². The molecule has 0 aliphatic rings. The van der Waals surface area contributed by atoms with E-state index in [4.69, 9.17) is 5.11 Å². The number of fused-ring (bicyclic) bond motifs is 1. The molecule has 0 saturated heterocycles. The second-order valence-corrected chi connectivity index (χ2v) is 5.90. The van der Waals surface area contributed by atoms with Crippen LogP contribution < -0.4 is 10.9 Å². The van der Waals surface area contributed by atoms with Gasteiger partial charge in [0.15, 0.2) is 5.16 Å². The minimum atomic E-state index is -1.01. The number of carboxylic acid groups (broad SMARTS) is 1. The van der Waals surface area contributed by atoms with E-state index in [1.807, 2.05) is 0 Å². The number of hydrogen-bond donors (Lipinski definition) is 2. The van der Waals surface area contributed by atoms with Gasteiger partial charge in [-0.3, -0.25) is 19.0 Å². The number of amides is 1. The minimum Gasteiger partial charge on any atom is -0.481 e. The molecular formula is C12H13N3O4S2. The first-order valence-corrected chi connectivity index (χ1v) is 7.98. The highest BCUT2D eigenvalue weighted by Gasteiger charge is 2.15. The van der Waals surface area contributed by atoms with Gasteiger partial charge in [0.2, 0.25) is 5.91 Å². The molecule has 112 valence electrons. The van der Waals surface area contributed by atoms with Gasteiger partial charge in [-0.2, -0.15) is 0 Å². The molecule has 0 bridgehead atoms. The van der Waals surface area contributed by atoms with E-state index in [1.165, 1.54) is 15.9 Å². The smallest absolute Gasteiger partial charge is 0.313 e. The van der Waals surface area contributed by atoms with Gasteiger partial charge in [0.1, 0.15) is 11.4 Å².